The van der Waals surface area contributed by atoms with Crippen LogP contribution in [0.1, 0.15) is 46.3 Å². The normalized spacial score (nSPS) is 22.1. The molecule has 4 rings (SSSR count). The van der Waals surface area contributed by atoms with E-state index in [0.29, 0.717) is 13.1 Å². The Morgan fingerprint density at radius 1 is 1.07 bits per heavy atom. The van der Waals surface area contributed by atoms with Gasteiger partial charge in [-0.25, -0.2) is 0 Å². The maximum absolute atomic E-state index is 13.3. The Balaban J connectivity index is 1.58. The molecule has 140 valence electrons. The second-order valence-electron chi connectivity index (χ2n) is 7.86. The first-order valence-corrected chi connectivity index (χ1v) is 9.83. The number of carbonyl (C=O) groups excluding carboxylic acids is 2. The third-order valence-corrected chi connectivity index (χ3v) is 5.75. The van der Waals surface area contributed by atoms with Gasteiger partial charge in [0.1, 0.15) is 0 Å². The number of likely N-dealkylation sites (tertiary alicyclic amines) is 1. The maximum atomic E-state index is 13.3. The van der Waals surface area contributed by atoms with Gasteiger partial charge in [0.15, 0.2) is 0 Å². The van der Waals surface area contributed by atoms with Crippen molar-refractivity contribution in [1.29, 1.82) is 0 Å². The molecule has 1 N–H and O–H groups in total. The second kappa shape index (κ2) is 7.55. The first kappa shape index (κ1) is 17.8. The molecule has 0 radical (unpaired) electrons. The van der Waals surface area contributed by atoms with Gasteiger partial charge in [-0.2, -0.15) is 0 Å². The highest BCUT2D eigenvalue weighted by Crippen LogP contribution is 2.24. The zero-order valence-corrected chi connectivity index (χ0v) is 15.8. The van der Waals surface area contributed by atoms with Crippen molar-refractivity contribution in [3.63, 3.8) is 0 Å². The first-order valence-electron chi connectivity index (χ1n) is 9.83. The van der Waals surface area contributed by atoms with Crippen molar-refractivity contribution in [3.05, 3.63) is 70.8 Å². The smallest absolute Gasteiger partial charge is 0.254 e. The summed E-state index contributed by atoms with van der Waals surface area (Å²) in [5.41, 5.74) is 4.23. The molecule has 2 fully saturated rings. The first-order chi connectivity index (χ1) is 13.1. The van der Waals surface area contributed by atoms with Crippen LogP contribution in [0.3, 0.4) is 0 Å². The Morgan fingerprint density at radius 3 is 2.67 bits per heavy atom. The summed E-state index contributed by atoms with van der Waals surface area (Å²) < 4.78 is 0. The number of carbonyl (C=O) groups is 2. The highest BCUT2D eigenvalue weighted by atomic mass is 16.2. The Bertz CT molecular complexity index is 844. The fourth-order valence-corrected chi connectivity index (χ4v) is 4.20. The third kappa shape index (κ3) is 3.90. The van der Waals surface area contributed by atoms with Crippen molar-refractivity contribution in [3.8, 4) is 0 Å². The Hall–Kier alpha value is -2.62. The van der Waals surface area contributed by atoms with Gasteiger partial charge in [-0.05, 0) is 43.4 Å². The summed E-state index contributed by atoms with van der Waals surface area (Å²) in [4.78, 5) is 27.5. The minimum absolute atomic E-state index is 0.0473. The van der Waals surface area contributed by atoms with Crippen molar-refractivity contribution in [2.45, 2.75) is 38.6 Å². The molecule has 27 heavy (non-hydrogen) atoms. The van der Waals surface area contributed by atoms with Crippen molar-refractivity contribution in [2.24, 2.45) is 5.92 Å². The summed E-state index contributed by atoms with van der Waals surface area (Å²) in [6.07, 6.45) is 3.62. The molecule has 0 aromatic heterocycles. The lowest BCUT2D eigenvalue weighted by atomic mass is 9.96. The average Bonchev–Trinajstić information content (AvgIpc) is 2.92. The predicted molar refractivity (Wildman–Crippen MR) is 106 cm³/mol. The molecular formula is C23H26N2O2. The van der Waals surface area contributed by atoms with E-state index in [0.717, 1.165) is 36.8 Å². The highest BCUT2D eigenvalue weighted by molar-refractivity contribution is 5.96. The lowest BCUT2D eigenvalue weighted by molar-refractivity contribution is -0.124. The zero-order chi connectivity index (χ0) is 18.8. The molecule has 2 saturated heterocycles. The van der Waals surface area contributed by atoms with Crippen molar-refractivity contribution in [2.75, 3.05) is 13.1 Å². The fourth-order valence-electron chi connectivity index (χ4n) is 4.20. The van der Waals surface area contributed by atoms with Crippen LogP contribution in [-0.2, 0) is 11.2 Å². The van der Waals surface area contributed by atoms with E-state index < -0.39 is 0 Å². The van der Waals surface area contributed by atoms with Gasteiger partial charge < -0.3 is 10.2 Å². The summed E-state index contributed by atoms with van der Waals surface area (Å²) in [6, 6.07) is 16.4. The average molecular weight is 362 g/mol. The lowest BCUT2D eigenvalue weighted by Gasteiger charge is -2.28. The monoisotopic (exact) mass is 362 g/mol. The maximum Gasteiger partial charge on any atom is 0.254 e. The molecule has 0 unspecified atom stereocenters. The van der Waals surface area contributed by atoms with Gasteiger partial charge in [-0.3, -0.25) is 9.59 Å². The molecule has 2 amide bonds. The molecule has 2 aliphatic rings. The molecule has 0 aliphatic carbocycles. The van der Waals surface area contributed by atoms with Crippen molar-refractivity contribution < 1.29 is 9.59 Å². The number of nitrogens with zero attached hydrogens (tertiary/aromatic N) is 1. The largest absolute Gasteiger partial charge is 0.351 e. The van der Waals surface area contributed by atoms with E-state index in [1.165, 1.54) is 11.1 Å². The number of aryl methyl sites for hydroxylation is 1. The molecule has 2 aliphatic heterocycles. The standard InChI is InChI=1S/C23H26N2O2/c1-16-9-11-17(12-10-16)13-18-5-2-3-8-21(18)23(27)25-14-19-6-4-7-20(15-25)24-22(19)26/h2-3,5,8-12,19-20H,4,6-7,13-15H2,1H3,(H,24,26)/t19-,20+/m1/s1. The molecular weight excluding hydrogens is 336 g/mol. The van der Waals surface area contributed by atoms with Crippen LogP contribution in [0.5, 0.6) is 0 Å². The number of benzene rings is 2. The molecule has 2 atom stereocenters. The summed E-state index contributed by atoms with van der Waals surface area (Å²) in [5.74, 6) is 0.0811. The predicted octanol–water partition coefficient (Wildman–Crippen LogP) is 3.33. The van der Waals surface area contributed by atoms with Gasteiger partial charge in [0.25, 0.3) is 5.91 Å². The molecule has 4 heteroatoms. The van der Waals surface area contributed by atoms with E-state index in [9.17, 15) is 9.59 Å². The second-order valence-corrected chi connectivity index (χ2v) is 7.86. The van der Waals surface area contributed by atoms with E-state index in [4.69, 9.17) is 0 Å². The van der Waals surface area contributed by atoms with Gasteiger partial charge in [-0.1, -0.05) is 54.4 Å². The Kier molecular flexibility index (Phi) is 4.97. The molecule has 0 saturated carbocycles. The van der Waals surface area contributed by atoms with E-state index >= 15 is 0 Å². The number of amides is 2. The third-order valence-electron chi connectivity index (χ3n) is 5.75. The van der Waals surface area contributed by atoms with Gasteiger partial charge >= 0.3 is 0 Å². The Labute approximate surface area is 160 Å². The van der Waals surface area contributed by atoms with Crippen LogP contribution in [0.15, 0.2) is 48.5 Å². The molecule has 2 bridgehead atoms. The van der Waals surface area contributed by atoms with Gasteiger partial charge in [0, 0.05) is 24.7 Å². The van der Waals surface area contributed by atoms with Crippen LogP contribution < -0.4 is 5.32 Å². The molecule has 4 nitrogen and oxygen atoms in total. The summed E-state index contributed by atoms with van der Waals surface area (Å²) in [5, 5.41) is 3.10. The zero-order valence-electron chi connectivity index (χ0n) is 15.8. The van der Waals surface area contributed by atoms with Crippen LogP contribution >= 0.6 is 0 Å². The minimum atomic E-state index is -0.0780. The Morgan fingerprint density at radius 2 is 1.85 bits per heavy atom. The van der Waals surface area contributed by atoms with Crippen LogP contribution in [0, 0.1) is 12.8 Å². The van der Waals surface area contributed by atoms with Crippen molar-refractivity contribution >= 4 is 11.8 Å². The number of fused-ring (bicyclic) bond motifs is 3. The van der Waals surface area contributed by atoms with Crippen LogP contribution in [0.25, 0.3) is 0 Å². The minimum Gasteiger partial charge on any atom is -0.351 e. The lowest BCUT2D eigenvalue weighted by Crippen LogP contribution is -2.42. The van der Waals surface area contributed by atoms with Crippen LogP contribution in [0.2, 0.25) is 0 Å². The fraction of sp³-hybridized carbons (Fsp3) is 0.391. The quantitative estimate of drug-likeness (QED) is 0.911. The molecule has 2 heterocycles. The summed E-state index contributed by atoms with van der Waals surface area (Å²) in [6.45, 7) is 3.22. The molecule has 0 spiro atoms. The van der Waals surface area contributed by atoms with Crippen LogP contribution in [0.4, 0.5) is 0 Å². The number of hydrogen-bond acceptors (Lipinski definition) is 2. The van der Waals surface area contributed by atoms with Gasteiger partial charge in [0.05, 0.1) is 5.92 Å². The van der Waals surface area contributed by atoms with Gasteiger partial charge in [-0.15, -0.1) is 0 Å². The van der Waals surface area contributed by atoms with E-state index in [-0.39, 0.29) is 23.8 Å². The number of hydrogen-bond donors (Lipinski definition) is 1. The number of rotatable bonds is 3. The molecule has 2 aromatic rings. The number of nitrogens with one attached hydrogen (secondary N) is 1. The van der Waals surface area contributed by atoms with Crippen molar-refractivity contribution in [1.82, 2.24) is 10.2 Å². The highest BCUT2D eigenvalue weighted by Gasteiger charge is 2.35. The van der Waals surface area contributed by atoms with E-state index in [1.54, 1.807) is 0 Å². The van der Waals surface area contributed by atoms with E-state index in [1.807, 2.05) is 29.2 Å². The summed E-state index contributed by atoms with van der Waals surface area (Å²) in [7, 11) is 0. The SMILES string of the molecule is Cc1ccc(Cc2ccccc2C(=O)N2C[C@@H]3CCC[C@H](C2)C(=O)N3)cc1. The van der Waals surface area contributed by atoms with Gasteiger partial charge in [0.2, 0.25) is 5.91 Å². The van der Waals surface area contributed by atoms with E-state index in [2.05, 4.69) is 36.5 Å². The van der Waals surface area contributed by atoms with Crippen LogP contribution in [-0.4, -0.2) is 35.8 Å². The summed E-state index contributed by atoms with van der Waals surface area (Å²) >= 11 is 0. The molecule has 2 aromatic carbocycles. The topological polar surface area (TPSA) is 49.4 Å².